The Morgan fingerprint density at radius 2 is 1.73 bits per heavy atom. The highest BCUT2D eigenvalue weighted by atomic mass is 35.5. The average Bonchev–Trinajstić information content (AvgIpc) is 3.71. The van der Waals surface area contributed by atoms with Gasteiger partial charge in [-0.15, -0.1) is 0 Å². The molecular weight excluding hydrogens is 833 g/mol. The second-order valence-corrected chi connectivity index (χ2v) is 19.5. The molecule has 0 bridgehead atoms. The van der Waals surface area contributed by atoms with Crippen molar-refractivity contribution in [3.05, 3.63) is 123 Å². The molecule has 2 fully saturated rings. The summed E-state index contributed by atoms with van der Waals surface area (Å²) in [6.45, 7) is 9.38. The van der Waals surface area contributed by atoms with Crippen LogP contribution in [0.4, 0.5) is 21.5 Å². The van der Waals surface area contributed by atoms with E-state index in [1.807, 2.05) is 34.9 Å². The number of anilines is 2. The second kappa shape index (κ2) is 17.7. The first-order valence-corrected chi connectivity index (χ1v) is 22.8. The molecule has 5 aromatic rings. The van der Waals surface area contributed by atoms with Crippen molar-refractivity contribution in [3.8, 4) is 11.5 Å². The number of benzene rings is 4. The summed E-state index contributed by atoms with van der Waals surface area (Å²) in [6.07, 6.45) is 6.36. The molecule has 326 valence electrons. The van der Waals surface area contributed by atoms with Crippen LogP contribution in [0.2, 0.25) is 5.02 Å². The zero-order chi connectivity index (χ0) is 43.8. The number of nitrogens with zero attached hydrogens (tertiary/aromatic N) is 4. The lowest BCUT2D eigenvalue weighted by molar-refractivity contribution is -0.384. The maximum absolute atomic E-state index is 16.3. The van der Waals surface area contributed by atoms with Gasteiger partial charge in [0.15, 0.2) is 0 Å². The lowest BCUT2D eigenvalue weighted by Crippen LogP contribution is -2.47. The van der Waals surface area contributed by atoms with Crippen LogP contribution < -0.4 is 19.7 Å². The minimum atomic E-state index is -4.67. The topological polar surface area (TPSA) is 153 Å². The molecule has 0 saturated carbocycles. The third kappa shape index (κ3) is 9.76. The van der Waals surface area contributed by atoms with Gasteiger partial charge in [0.05, 0.1) is 21.1 Å². The normalized spacial score (nSPS) is 17.9. The Morgan fingerprint density at radius 3 is 2.45 bits per heavy atom. The van der Waals surface area contributed by atoms with Crippen LogP contribution in [-0.2, 0) is 10.0 Å². The molecule has 3 N–H and O–H groups in total. The molecule has 4 aromatic carbocycles. The summed E-state index contributed by atoms with van der Waals surface area (Å²) in [5.74, 6) is -1.59. The zero-order valence-corrected chi connectivity index (χ0v) is 36.6. The molecule has 0 spiro atoms. The smallest absolute Gasteiger partial charge is 0.293 e. The van der Waals surface area contributed by atoms with Crippen molar-refractivity contribution in [2.24, 2.45) is 5.41 Å². The van der Waals surface area contributed by atoms with E-state index in [1.54, 1.807) is 24.4 Å². The van der Waals surface area contributed by atoms with E-state index in [-0.39, 0.29) is 34.1 Å². The number of ether oxygens (including phenoxy) is 1. The van der Waals surface area contributed by atoms with E-state index in [0.29, 0.717) is 37.0 Å². The number of nitro benzene ring substituents is 1. The summed E-state index contributed by atoms with van der Waals surface area (Å²) in [5.41, 5.74) is 4.58. The molecule has 2 saturated heterocycles. The number of likely N-dealkylation sites (tertiary alicyclic amines) is 1. The quantitative estimate of drug-likeness (QED) is 0.0817. The van der Waals surface area contributed by atoms with Gasteiger partial charge in [0.25, 0.3) is 21.6 Å². The fourth-order valence-corrected chi connectivity index (χ4v) is 9.82. The molecule has 0 atom stereocenters. The SMILES string of the molecule is CN1CCC(Nc2ccc(S(=O)(=O)NC(=O)c3cc(F)c(N4CCN(CC5=C(c6ccc(Cl)cc6)CC(C)(C)CC5)CC4)cc3Oc3ccc4[nH]ccc4c3)cc2[N+](=O)[O-])CC1. The lowest BCUT2D eigenvalue weighted by Gasteiger charge is -2.39. The number of H-pyrrole nitrogens is 1. The molecule has 1 aromatic heterocycles. The highest BCUT2D eigenvalue weighted by molar-refractivity contribution is 7.90. The van der Waals surface area contributed by atoms with Crippen molar-refractivity contribution in [1.29, 1.82) is 0 Å². The predicted octanol–water partition coefficient (Wildman–Crippen LogP) is 9.07. The van der Waals surface area contributed by atoms with E-state index in [9.17, 15) is 23.3 Å². The molecule has 0 radical (unpaired) electrons. The number of carbonyl (C=O) groups is 1. The first-order valence-electron chi connectivity index (χ1n) is 20.9. The van der Waals surface area contributed by atoms with Gasteiger partial charge in [0.1, 0.15) is 23.0 Å². The summed E-state index contributed by atoms with van der Waals surface area (Å²) in [7, 11) is -2.67. The largest absolute Gasteiger partial charge is 0.456 e. The molecule has 13 nitrogen and oxygen atoms in total. The Bertz CT molecular complexity index is 2640. The minimum absolute atomic E-state index is 0.0221. The van der Waals surface area contributed by atoms with E-state index in [0.717, 1.165) is 74.8 Å². The van der Waals surface area contributed by atoms with E-state index in [4.69, 9.17) is 16.3 Å². The van der Waals surface area contributed by atoms with Crippen LogP contribution in [0.15, 0.2) is 95.5 Å². The predicted molar refractivity (Wildman–Crippen MR) is 241 cm³/mol. The Balaban J connectivity index is 1.03. The van der Waals surface area contributed by atoms with Crippen LogP contribution in [-0.4, -0.2) is 92.9 Å². The van der Waals surface area contributed by atoms with Gasteiger partial charge in [0.2, 0.25) is 0 Å². The van der Waals surface area contributed by atoms with Gasteiger partial charge >= 0.3 is 0 Å². The number of piperazine rings is 1. The number of piperidine rings is 1. The number of nitrogens with one attached hydrogen (secondary N) is 3. The van der Waals surface area contributed by atoms with Gasteiger partial charge in [-0.25, -0.2) is 17.5 Å². The van der Waals surface area contributed by atoms with Crippen molar-refractivity contribution in [2.75, 3.05) is 63.1 Å². The van der Waals surface area contributed by atoms with Crippen LogP contribution >= 0.6 is 11.6 Å². The van der Waals surface area contributed by atoms with Gasteiger partial charge < -0.3 is 24.8 Å². The van der Waals surface area contributed by atoms with Gasteiger partial charge in [0, 0.05) is 73.0 Å². The summed E-state index contributed by atoms with van der Waals surface area (Å²) in [4.78, 5) is 34.5. The Kier molecular flexibility index (Phi) is 12.3. The van der Waals surface area contributed by atoms with Crippen LogP contribution in [0, 0.1) is 21.3 Å². The zero-order valence-electron chi connectivity index (χ0n) is 35.0. The van der Waals surface area contributed by atoms with Gasteiger partial charge in [-0.3, -0.25) is 19.8 Å². The summed E-state index contributed by atoms with van der Waals surface area (Å²) in [5, 5.41) is 16.8. The third-order valence-corrected chi connectivity index (χ3v) is 13.9. The standard InChI is InChI=1S/C46H51ClFN7O6S/c1-46(2)16-12-32(38(28-46)30-4-6-33(47)7-5-30)29-53-20-22-54(23-21-53)42-27-44(61-35-8-10-40-31(24-35)13-17-49-40)37(26-39(42)48)45(56)51-62(59,60)36-9-11-41(43(25-36)55(57)58)50-34-14-18-52(3)19-15-34/h4-11,13,17,24-27,34,49-50H,12,14-16,18-23,28-29H2,1-3H3,(H,51,56). The lowest BCUT2D eigenvalue weighted by atomic mass is 9.72. The molecule has 2 aliphatic heterocycles. The van der Waals surface area contributed by atoms with E-state index >= 15 is 4.39 Å². The van der Waals surface area contributed by atoms with Crippen LogP contribution in [0.1, 0.15) is 61.9 Å². The highest BCUT2D eigenvalue weighted by Crippen LogP contribution is 2.44. The van der Waals surface area contributed by atoms with Crippen molar-refractivity contribution < 1.29 is 27.3 Å². The van der Waals surface area contributed by atoms with Crippen LogP contribution in [0.25, 0.3) is 16.5 Å². The van der Waals surface area contributed by atoms with Crippen LogP contribution in [0.3, 0.4) is 0 Å². The number of hydrogen-bond donors (Lipinski definition) is 3. The van der Waals surface area contributed by atoms with Crippen molar-refractivity contribution in [2.45, 2.75) is 56.9 Å². The second-order valence-electron chi connectivity index (χ2n) is 17.4. The molecule has 8 rings (SSSR count). The summed E-state index contributed by atoms with van der Waals surface area (Å²) < 4.78 is 52.0. The number of nitro groups is 1. The number of sulfonamides is 1. The van der Waals surface area contributed by atoms with Crippen molar-refractivity contribution >= 4 is 61.1 Å². The third-order valence-electron chi connectivity index (χ3n) is 12.3. The summed E-state index contributed by atoms with van der Waals surface area (Å²) >= 11 is 6.23. The first kappa shape index (κ1) is 43.2. The van der Waals surface area contributed by atoms with E-state index in [2.05, 4.69) is 46.1 Å². The number of aromatic amines is 1. The molecule has 62 heavy (non-hydrogen) atoms. The fourth-order valence-electron chi connectivity index (χ4n) is 8.71. The maximum atomic E-state index is 16.3. The Morgan fingerprint density at radius 1 is 0.984 bits per heavy atom. The Labute approximate surface area is 366 Å². The molecule has 0 unspecified atom stereocenters. The monoisotopic (exact) mass is 883 g/mol. The molecule has 16 heteroatoms. The summed E-state index contributed by atoms with van der Waals surface area (Å²) in [6, 6.07) is 21.0. The minimum Gasteiger partial charge on any atom is -0.456 e. The average molecular weight is 884 g/mol. The molecule has 3 heterocycles. The number of carbonyl (C=O) groups excluding carboxylic acids is 1. The number of aromatic nitrogens is 1. The fraction of sp³-hybridized carbons (Fsp3) is 0.370. The van der Waals surface area contributed by atoms with Crippen molar-refractivity contribution in [3.63, 3.8) is 0 Å². The number of hydrogen-bond acceptors (Lipinski definition) is 10. The number of amides is 1. The number of halogens is 2. The maximum Gasteiger partial charge on any atom is 0.293 e. The number of rotatable bonds is 12. The first-order chi connectivity index (χ1) is 29.6. The molecule has 1 aliphatic carbocycles. The van der Waals surface area contributed by atoms with Gasteiger partial charge in [-0.1, -0.05) is 43.2 Å². The van der Waals surface area contributed by atoms with Gasteiger partial charge in [-0.2, -0.15) is 0 Å². The number of allylic oxidation sites excluding steroid dienone is 1. The van der Waals surface area contributed by atoms with Gasteiger partial charge in [-0.05, 0) is 123 Å². The number of fused-ring (bicyclic) bond motifs is 1. The molecular formula is C46H51ClFN7O6S. The molecule has 3 aliphatic rings. The van der Waals surface area contributed by atoms with Crippen LogP contribution in [0.5, 0.6) is 11.5 Å². The van der Waals surface area contributed by atoms with E-state index in [1.165, 1.54) is 34.9 Å². The van der Waals surface area contributed by atoms with E-state index < -0.39 is 37.3 Å². The molecule has 1 amide bonds. The Hall–Kier alpha value is -5.48. The van der Waals surface area contributed by atoms with Crippen molar-refractivity contribution in [1.82, 2.24) is 19.5 Å². The highest BCUT2D eigenvalue weighted by Gasteiger charge is 2.32.